The normalized spacial score (nSPS) is 11.0. The second-order valence-electron chi connectivity index (χ2n) is 7.37. The molecule has 0 aliphatic heterocycles. The van der Waals surface area contributed by atoms with Crippen molar-refractivity contribution in [2.75, 3.05) is 14.2 Å². The molecule has 0 amide bonds. The van der Waals surface area contributed by atoms with Crippen LogP contribution in [0.3, 0.4) is 0 Å². The van der Waals surface area contributed by atoms with Gasteiger partial charge >= 0.3 is 0 Å². The first-order valence-electron chi connectivity index (χ1n) is 10.0. The lowest BCUT2D eigenvalue weighted by Gasteiger charge is -2.16. The summed E-state index contributed by atoms with van der Waals surface area (Å²) in [5.74, 6) is 1.71. The summed E-state index contributed by atoms with van der Waals surface area (Å²) in [4.78, 5) is 0. The van der Waals surface area contributed by atoms with Crippen molar-refractivity contribution in [2.45, 2.75) is 0 Å². The Bertz CT molecular complexity index is 1330. The van der Waals surface area contributed by atoms with Gasteiger partial charge in [0.05, 0.1) is 14.2 Å². The third kappa shape index (κ3) is 3.17. The molecule has 5 rings (SSSR count). The first-order valence-corrected chi connectivity index (χ1v) is 10.0. The zero-order chi connectivity index (χ0) is 20.5. The molecule has 0 radical (unpaired) electrons. The molecule has 2 nitrogen and oxygen atoms in total. The van der Waals surface area contributed by atoms with Crippen LogP contribution in [0, 0.1) is 0 Å². The number of ether oxygens (including phenoxy) is 2. The molecule has 0 aliphatic carbocycles. The average molecular weight is 390 g/mol. The molecule has 0 unspecified atom stereocenters. The van der Waals surface area contributed by atoms with Crippen LogP contribution in [-0.2, 0) is 0 Å². The third-order valence-electron chi connectivity index (χ3n) is 5.67. The van der Waals surface area contributed by atoms with Crippen LogP contribution in [0.1, 0.15) is 0 Å². The predicted molar refractivity (Wildman–Crippen MR) is 125 cm³/mol. The van der Waals surface area contributed by atoms with E-state index >= 15 is 0 Å². The maximum atomic E-state index is 5.38. The Labute approximate surface area is 176 Å². The highest BCUT2D eigenvalue weighted by atomic mass is 16.5. The van der Waals surface area contributed by atoms with E-state index < -0.39 is 0 Å². The van der Waals surface area contributed by atoms with Gasteiger partial charge in [0.2, 0.25) is 0 Å². The largest absolute Gasteiger partial charge is 0.497 e. The Balaban J connectivity index is 1.82. The maximum absolute atomic E-state index is 5.38. The lowest BCUT2D eigenvalue weighted by atomic mass is 9.88. The maximum Gasteiger partial charge on any atom is 0.118 e. The molecular formula is C28H22O2. The topological polar surface area (TPSA) is 18.5 Å². The molecule has 5 aromatic carbocycles. The van der Waals surface area contributed by atoms with Crippen molar-refractivity contribution in [1.29, 1.82) is 0 Å². The van der Waals surface area contributed by atoms with E-state index in [4.69, 9.17) is 9.47 Å². The molecule has 5 aromatic rings. The van der Waals surface area contributed by atoms with E-state index in [0.717, 1.165) is 17.1 Å². The second-order valence-corrected chi connectivity index (χ2v) is 7.37. The summed E-state index contributed by atoms with van der Waals surface area (Å²) in [5, 5.41) is 4.97. The lowest BCUT2D eigenvalue weighted by molar-refractivity contribution is 0.414. The molecule has 0 saturated heterocycles. The molecule has 0 heterocycles. The van der Waals surface area contributed by atoms with Crippen molar-refractivity contribution in [2.24, 2.45) is 0 Å². The molecule has 0 fully saturated rings. The molecule has 2 heteroatoms. The molecule has 0 N–H and O–H groups in total. The number of fused-ring (bicyclic) bond motifs is 2. The van der Waals surface area contributed by atoms with Crippen LogP contribution >= 0.6 is 0 Å². The lowest BCUT2D eigenvalue weighted by Crippen LogP contribution is -1.90. The molecule has 0 spiro atoms. The van der Waals surface area contributed by atoms with Crippen molar-refractivity contribution in [3.05, 3.63) is 97.1 Å². The summed E-state index contributed by atoms with van der Waals surface area (Å²) < 4.78 is 10.7. The first-order chi connectivity index (χ1) is 14.8. The van der Waals surface area contributed by atoms with E-state index in [2.05, 4.69) is 72.8 Å². The fraction of sp³-hybridized carbons (Fsp3) is 0.0714. The van der Waals surface area contributed by atoms with Crippen molar-refractivity contribution >= 4 is 21.5 Å². The van der Waals surface area contributed by atoms with E-state index in [1.807, 2.05) is 24.3 Å². The second kappa shape index (κ2) is 7.57. The summed E-state index contributed by atoms with van der Waals surface area (Å²) in [7, 11) is 3.39. The van der Waals surface area contributed by atoms with Gasteiger partial charge in [0.1, 0.15) is 11.5 Å². The average Bonchev–Trinajstić information content (AvgIpc) is 2.82. The number of benzene rings is 5. The minimum absolute atomic E-state index is 0.857. The Morgan fingerprint density at radius 2 is 1.07 bits per heavy atom. The monoisotopic (exact) mass is 390 g/mol. The Kier molecular flexibility index (Phi) is 4.61. The minimum Gasteiger partial charge on any atom is -0.497 e. The smallest absolute Gasteiger partial charge is 0.118 e. The van der Waals surface area contributed by atoms with Crippen LogP contribution in [0.25, 0.3) is 43.8 Å². The molecule has 30 heavy (non-hydrogen) atoms. The van der Waals surface area contributed by atoms with Gasteiger partial charge in [0.25, 0.3) is 0 Å². The fourth-order valence-electron chi connectivity index (χ4n) is 4.09. The molecule has 0 aliphatic rings. The first kappa shape index (κ1) is 18.3. The highest BCUT2D eigenvalue weighted by molar-refractivity contribution is 6.09. The SMILES string of the molecule is COc1ccc(-c2ccc3cc4ccccc4cc3c2-c2ccc(OC)cc2)cc1. The van der Waals surface area contributed by atoms with E-state index in [1.54, 1.807) is 14.2 Å². The van der Waals surface area contributed by atoms with Gasteiger partial charge in [0, 0.05) is 0 Å². The van der Waals surface area contributed by atoms with Gasteiger partial charge in [-0.05, 0) is 80.2 Å². The van der Waals surface area contributed by atoms with Crippen LogP contribution < -0.4 is 9.47 Å². The van der Waals surface area contributed by atoms with Gasteiger partial charge in [-0.3, -0.25) is 0 Å². The molecule has 0 aromatic heterocycles. The van der Waals surface area contributed by atoms with Crippen LogP contribution in [0.5, 0.6) is 11.5 Å². The quantitative estimate of drug-likeness (QED) is 0.299. The zero-order valence-corrected chi connectivity index (χ0v) is 17.1. The van der Waals surface area contributed by atoms with E-state index in [-0.39, 0.29) is 0 Å². The van der Waals surface area contributed by atoms with Crippen molar-refractivity contribution in [3.8, 4) is 33.8 Å². The van der Waals surface area contributed by atoms with Crippen molar-refractivity contribution < 1.29 is 9.47 Å². The zero-order valence-electron chi connectivity index (χ0n) is 17.1. The highest BCUT2D eigenvalue weighted by Gasteiger charge is 2.13. The minimum atomic E-state index is 0.857. The summed E-state index contributed by atoms with van der Waals surface area (Å²) >= 11 is 0. The molecule has 0 bridgehead atoms. The number of methoxy groups -OCH3 is 2. The standard InChI is InChI=1S/C28H22O2/c1-29-24-12-7-19(8-13-24)26-16-11-23-17-21-5-3-4-6-22(21)18-27(23)28(26)20-9-14-25(30-2)15-10-20/h3-18H,1-2H3. The summed E-state index contributed by atoms with van der Waals surface area (Å²) in [6.45, 7) is 0. The van der Waals surface area contributed by atoms with Crippen LogP contribution in [0.2, 0.25) is 0 Å². The molecule has 146 valence electrons. The van der Waals surface area contributed by atoms with Crippen molar-refractivity contribution in [3.63, 3.8) is 0 Å². The summed E-state index contributed by atoms with van der Waals surface area (Å²) in [6, 6.07) is 34.1. The predicted octanol–water partition coefficient (Wildman–Crippen LogP) is 7.34. The van der Waals surface area contributed by atoms with Gasteiger partial charge in [-0.25, -0.2) is 0 Å². The number of rotatable bonds is 4. The molecule has 0 atom stereocenters. The molecular weight excluding hydrogens is 368 g/mol. The van der Waals surface area contributed by atoms with Crippen LogP contribution in [0.4, 0.5) is 0 Å². The van der Waals surface area contributed by atoms with E-state index in [1.165, 1.54) is 38.2 Å². The van der Waals surface area contributed by atoms with Crippen molar-refractivity contribution in [1.82, 2.24) is 0 Å². The number of hydrogen-bond acceptors (Lipinski definition) is 2. The summed E-state index contributed by atoms with van der Waals surface area (Å²) in [6.07, 6.45) is 0. The molecule has 0 saturated carbocycles. The Morgan fingerprint density at radius 1 is 0.500 bits per heavy atom. The fourth-order valence-corrected chi connectivity index (χ4v) is 4.09. The van der Waals surface area contributed by atoms with Gasteiger partial charge in [-0.15, -0.1) is 0 Å². The van der Waals surface area contributed by atoms with Gasteiger partial charge in [-0.1, -0.05) is 60.7 Å². The highest BCUT2D eigenvalue weighted by Crippen LogP contribution is 2.40. The van der Waals surface area contributed by atoms with Crippen LogP contribution in [-0.4, -0.2) is 14.2 Å². The van der Waals surface area contributed by atoms with E-state index in [9.17, 15) is 0 Å². The summed E-state index contributed by atoms with van der Waals surface area (Å²) in [5.41, 5.74) is 4.76. The van der Waals surface area contributed by atoms with E-state index in [0.29, 0.717) is 0 Å². The van der Waals surface area contributed by atoms with Gasteiger partial charge < -0.3 is 9.47 Å². The Morgan fingerprint density at radius 3 is 1.67 bits per heavy atom. The number of hydrogen-bond donors (Lipinski definition) is 0. The van der Waals surface area contributed by atoms with Crippen LogP contribution in [0.15, 0.2) is 97.1 Å². The van der Waals surface area contributed by atoms with Gasteiger partial charge in [-0.2, -0.15) is 0 Å². The third-order valence-corrected chi connectivity index (χ3v) is 5.67. The van der Waals surface area contributed by atoms with Gasteiger partial charge in [0.15, 0.2) is 0 Å². The Hall–Kier alpha value is -3.78.